The minimum atomic E-state index is -0.901. The summed E-state index contributed by atoms with van der Waals surface area (Å²) in [5.41, 5.74) is 1.02. The second-order valence-corrected chi connectivity index (χ2v) is 5.72. The third kappa shape index (κ3) is 3.10. The van der Waals surface area contributed by atoms with Crippen molar-refractivity contribution in [3.8, 4) is 11.4 Å². The van der Waals surface area contributed by atoms with E-state index >= 15 is 0 Å². The molecule has 1 amide bonds. The first-order chi connectivity index (χ1) is 11.6. The molecule has 0 radical (unpaired) electrons. The Kier molecular flexibility index (Phi) is 4.50. The van der Waals surface area contributed by atoms with E-state index in [9.17, 15) is 9.59 Å². The quantitative estimate of drug-likeness (QED) is 0.906. The van der Waals surface area contributed by atoms with Gasteiger partial charge in [0.25, 0.3) is 5.91 Å². The maximum absolute atomic E-state index is 12.8. The average Bonchev–Trinajstić information content (AvgIpc) is 3.21. The van der Waals surface area contributed by atoms with Crippen LogP contribution in [0.2, 0.25) is 0 Å². The molecule has 126 valence electrons. The highest BCUT2D eigenvalue weighted by Crippen LogP contribution is 2.26. The maximum Gasteiger partial charge on any atom is 0.305 e. The first kappa shape index (κ1) is 16.0. The van der Waals surface area contributed by atoms with Gasteiger partial charge in [-0.15, -0.1) is 0 Å². The second-order valence-electron chi connectivity index (χ2n) is 5.72. The molecular weight excluding hydrogens is 310 g/mol. The van der Waals surface area contributed by atoms with Crippen LogP contribution in [0.5, 0.6) is 5.75 Å². The zero-order chi connectivity index (χ0) is 17.1. The van der Waals surface area contributed by atoms with Crippen molar-refractivity contribution in [2.24, 2.45) is 0 Å². The van der Waals surface area contributed by atoms with E-state index in [1.165, 1.54) is 7.11 Å². The molecule has 2 aromatic rings. The summed E-state index contributed by atoms with van der Waals surface area (Å²) in [5, 5.41) is 13.4. The summed E-state index contributed by atoms with van der Waals surface area (Å²) in [6.07, 6.45) is 3.10. The Balaban J connectivity index is 1.89. The van der Waals surface area contributed by atoms with E-state index in [-0.39, 0.29) is 24.1 Å². The second kappa shape index (κ2) is 6.74. The lowest BCUT2D eigenvalue weighted by Crippen LogP contribution is -2.37. The van der Waals surface area contributed by atoms with Gasteiger partial charge < -0.3 is 14.7 Å². The number of benzene rings is 1. The number of likely N-dealkylation sites (tertiary alicyclic amines) is 1. The van der Waals surface area contributed by atoms with E-state index in [4.69, 9.17) is 9.84 Å². The SMILES string of the molecule is COc1cn(-c2ccccc2)nc1C(=O)N1CCCC1CC(=O)O. The van der Waals surface area contributed by atoms with Gasteiger partial charge in [0.2, 0.25) is 0 Å². The van der Waals surface area contributed by atoms with Crippen molar-refractivity contribution in [2.75, 3.05) is 13.7 Å². The number of para-hydroxylation sites is 1. The largest absolute Gasteiger partial charge is 0.493 e. The average molecular weight is 329 g/mol. The Bertz CT molecular complexity index is 742. The van der Waals surface area contributed by atoms with Crippen molar-refractivity contribution in [3.05, 3.63) is 42.2 Å². The van der Waals surface area contributed by atoms with E-state index < -0.39 is 5.97 Å². The van der Waals surface area contributed by atoms with Gasteiger partial charge in [-0.25, -0.2) is 4.68 Å². The lowest BCUT2D eigenvalue weighted by molar-refractivity contribution is -0.137. The third-order valence-electron chi connectivity index (χ3n) is 4.17. The Morgan fingerprint density at radius 3 is 2.75 bits per heavy atom. The Hall–Kier alpha value is -2.83. The summed E-state index contributed by atoms with van der Waals surface area (Å²) in [4.78, 5) is 25.4. The fraction of sp³-hybridized carbons (Fsp3) is 0.353. The van der Waals surface area contributed by atoms with Crippen LogP contribution in [0.4, 0.5) is 0 Å². The zero-order valence-electron chi connectivity index (χ0n) is 13.4. The molecule has 1 aliphatic rings. The van der Waals surface area contributed by atoms with Crippen LogP contribution in [-0.2, 0) is 4.79 Å². The first-order valence-electron chi connectivity index (χ1n) is 7.82. The van der Waals surface area contributed by atoms with Gasteiger partial charge in [0, 0.05) is 12.6 Å². The molecule has 0 aliphatic carbocycles. The molecule has 1 unspecified atom stereocenters. The van der Waals surface area contributed by atoms with Crippen LogP contribution in [0.15, 0.2) is 36.5 Å². The van der Waals surface area contributed by atoms with Gasteiger partial charge in [0.05, 0.1) is 25.4 Å². The summed E-state index contributed by atoms with van der Waals surface area (Å²) >= 11 is 0. The molecule has 0 bridgehead atoms. The third-order valence-corrected chi connectivity index (χ3v) is 4.17. The monoisotopic (exact) mass is 329 g/mol. The highest BCUT2D eigenvalue weighted by Gasteiger charge is 2.33. The van der Waals surface area contributed by atoms with Gasteiger partial charge in [0.1, 0.15) is 0 Å². The number of hydrogen-bond donors (Lipinski definition) is 1. The summed E-state index contributed by atoms with van der Waals surface area (Å²) in [7, 11) is 1.49. The fourth-order valence-corrected chi connectivity index (χ4v) is 3.02. The van der Waals surface area contributed by atoms with Crippen molar-refractivity contribution >= 4 is 11.9 Å². The minimum Gasteiger partial charge on any atom is -0.493 e. The number of ether oxygens (including phenoxy) is 1. The molecule has 0 spiro atoms. The van der Waals surface area contributed by atoms with Crippen LogP contribution in [0, 0.1) is 0 Å². The van der Waals surface area contributed by atoms with Crippen molar-refractivity contribution in [1.82, 2.24) is 14.7 Å². The number of carboxylic acid groups (broad SMARTS) is 1. The summed E-state index contributed by atoms with van der Waals surface area (Å²) in [6, 6.07) is 9.13. The molecule has 1 aliphatic heterocycles. The van der Waals surface area contributed by atoms with Crippen LogP contribution in [-0.4, -0.2) is 51.4 Å². The predicted octanol–water partition coefficient (Wildman–Crippen LogP) is 1.96. The first-order valence-corrected chi connectivity index (χ1v) is 7.82. The zero-order valence-corrected chi connectivity index (χ0v) is 13.4. The van der Waals surface area contributed by atoms with Crippen LogP contribution in [0.25, 0.3) is 5.69 Å². The van der Waals surface area contributed by atoms with Crippen LogP contribution >= 0.6 is 0 Å². The van der Waals surface area contributed by atoms with Crippen molar-refractivity contribution in [2.45, 2.75) is 25.3 Å². The number of aliphatic carboxylic acids is 1. The van der Waals surface area contributed by atoms with Crippen molar-refractivity contribution in [1.29, 1.82) is 0 Å². The molecule has 24 heavy (non-hydrogen) atoms. The summed E-state index contributed by atoms with van der Waals surface area (Å²) in [5.74, 6) is -0.809. The van der Waals surface area contributed by atoms with Crippen LogP contribution in [0.1, 0.15) is 29.8 Å². The number of aromatic nitrogens is 2. The van der Waals surface area contributed by atoms with Gasteiger partial charge in [-0.05, 0) is 25.0 Å². The summed E-state index contributed by atoms with van der Waals surface area (Å²) < 4.78 is 6.89. The molecule has 2 heterocycles. The molecule has 0 saturated carbocycles. The Morgan fingerprint density at radius 1 is 1.33 bits per heavy atom. The van der Waals surface area contributed by atoms with E-state index in [1.807, 2.05) is 30.3 Å². The summed E-state index contributed by atoms with van der Waals surface area (Å²) in [6.45, 7) is 0.540. The van der Waals surface area contributed by atoms with E-state index in [2.05, 4.69) is 5.10 Å². The van der Waals surface area contributed by atoms with Crippen LogP contribution < -0.4 is 4.74 Å². The molecule has 7 heteroatoms. The topological polar surface area (TPSA) is 84.7 Å². The van der Waals surface area contributed by atoms with Crippen molar-refractivity contribution in [3.63, 3.8) is 0 Å². The number of carbonyl (C=O) groups is 2. The van der Waals surface area contributed by atoms with E-state index in [0.29, 0.717) is 18.7 Å². The molecule has 3 rings (SSSR count). The molecule has 1 aromatic carbocycles. The lowest BCUT2D eigenvalue weighted by atomic mass is 10.1. The van der Waals surface area contributed by atoms with Gasteiger partial charge in [-0.3, -0.25) is 9.59 Å². The molecule has 1 fully saturated rings. The fourth-order valence-electron chi connectivity index (χ4n) is 3.02. The highest BCUT2D eigenvalue weighted by molar-refractivity contribution is 5.95. The molecule has 1 atom stereocenters. The molecule has 1 aromatic heterocycles. The molecule has 1 saturated heterocycles. The van der Waals surface area contributed by atoms with Crippen LogP contribution in [0.3, 0.4) is 0 Å². The smallest absolute Gasteiger partial charge is 0.305 e. The number of hydrogen-bond acceptors (Lipinski definition) is 4. The normalized spacial score (nSPS) is 17.0. The van der Waals surface area contributed by atoms with Gasteiger partial charge in [-0.1, -0.05) is 18.2 Å². The van der Waals surface area contributed by atoms with E-state index in [1.54, 1.807) is 15.8 Å². The number of amides is 1. The Morgan fingerprint density at radius 2 is 2.08 bits per heavy atom. The molecular formula is C17H19N3O4. The van der Waals surface area contributed by atoms with Crippen molar-refractivity contribution < 1.29 is 19.4 Å². The number of carbonyl (C=O) groups excluding carboxylic acids is 1. The number of nitrogens with zero attached hydrogens (tertiary/aromatic N) is 3. The number of carboxylic acids is 1. The molecule has 7 nitrogen and oxygen atoms in total. The Labute approximate surface area is 139 Å². The number of rotatable bonds is 5. The van der Waals surface area contributed by atoms with E-state index in [0.717, 1.165) is 12.1 Å². The predicted molar refractivity (Wildman–Crippen MR) is 86.4 cm³/mol. The minimum absolute atomic E-state index is 0.0482. The lowest BCUT2D eigenvalue weighted by Gasteiger charge is -2.22. The number of methoxy groups -OCH3 is 1. The standard InChI is InChI=1S/C17H19N3O4/c1-24-14-11-20(12-6-3-2-4-7-12)18-16(14)17(23)19-9-5-8-13(19)10-15(21)22/h2-4,6-7,11,13H,5,8-10H2,1H3,(H,21,22). The maximum atomic E-state index is 12.8. The van der Waals surface area contributed by atoms with Gasteiger partial charge in [-0.2, -0.15) is 5.10 Å². The highest BCUT2D eigenvalue weighted by atomic mass is 16.5. The van der Waals surface area contributed by atoms with Gasteiger partial charge in [0.15, 0.2) is 11.4 Å². The molecule has 1 N–H and O–H groups in total. The van der Waals surface area contributed by atoms with Gasteiger partial charge >= 0.3 is 5.97 Å².